The summed E-state index contributed by atoms with van der Waals surface area (Å²) in [7, 11) is 0. The van der Waals surface area contributed by atoms with E-state index in [1.165, 1.54) is 11.3 Å². The van der Waals surface area contributed by atoms with Crippen LogP contribution in [0.25, 0.3) is 0 Å². The average molecular weight is 293 g/mol. The molecule has 0 unspecified atom stereocenters. The second kappa shape index (κ2) is 5.02. The third-order valence-electron chi connectivity index (χ3n) is 1.83. The number of anilines is 1. The largest absolute Gasteiger partial charge is 0.445 e. The number of aromatic nitrogens is 2. The Balaban J connectivity index is 1.97. The van der Waals surface area contributed by atoms with Crippen molar-refractivity contribution in [2.75, 3.05) is 5.32 Å². The molecule has 2 heterocycles. The van der Waals surface area contributed by atoms with Crippen LogP contribution in [0.4, 0.5) is 18.3 Å². The summed E-state index contributed by atoms with van der Waals surface area (Å²) in [5.74, 6) is -0.415. The third-order valence-corrected chi connectivity index (χ3v) is 3.59. The summed E-state index contributed by atoms with van der Waals surface area (Å²) in [6, 6.07) is 3.56. The van der Waals surface area contributed by atoms with Crippen LogP contribution in [-0.2, 0) is 17.4 Å². The molecule has 0 bridgehead atoms. The maximum atomic E-state index is 12.2. The number of nitrogens with zero attached hydrogens (tertiary/aromatic N) is 2. The number of amides is 1. The van der Waals surface area contributed by atoms with Gasteiger partial charge in [-0.15, -0.1) is 21.5 Å². The average Bonchev–Trinajstić information content (AvgIpc) is 2.87. The first-order valence-corrected chi connectivity index (χ1v) is 6.37. The topological polar surface area (TPSA) is 54.9 Å². The van der Waals surface area contributed by atoms with Crippen molar-refractivity contribution in [3.05, 3.63) is 27.4 Å². The fourth-order valence-electron chi connectivity index (χ4n) is 1.12. The van der Waals surface area contributed by atoms with Gasteiger partial charge in [0.15, 0.2) is 0 Å². The molecule has 4 nitrogen and oxygen atoms in total. The maximum absolute atomic E-state index is 12.2. The summed E-state index contributed by atoms with van der Waals surface area (Å²) in [6.07, 6.45) is -4.42. The molecule has 0 saturated heterocycles. The minimum atomic E-state index is -4.53. The Morgan fingerprint density at radius 3 is 2.72 bits per heavy atom. The molecule has 0 spiro atoms. The Bertz CT molecular complexity index is 536. The molecule has 0 aliphatic heterocycles. The Morgan fingerprint density at radius 1 is 1.39 bits per heavy atom. The van der Waals surface area contributed by atoms with Gasteiger partial charge in [0.1, 0.15) is 0 Å². The van der Waals surface area contributed by atoms with Crippen molar-refractivity contribution in [2.45, 2.75) is 12.6 Å². The summed E-state index contributed by atoms with van der Waals surface area (Å²) in [6.45, 7) is 0. The van der Waals surface area contributed by atoms with Gasteiger partial charge in [0, 0.05) is 4.88 Å². The summed E-state index contributed by atoms with van der Waals surface area (Å²) < 4.78 is 36.7. The number of nitrogens with one attached hydrogen (secondary N) is 1. The first kappa shape index (κ1) is 13.0. The molecule has 0 radical (unpaired) electrons. The summed E-state index contributed by atoms with van der Waals surface area (Å²) in [5.41, 5.74) is 0. The highest BCUT2D eigenvalue weighted by Crippen LogP contribution is 2.32. The highest BCUT2D eigenvalue weighted by Gasteiger charge is 2.35. The van der Waals surface area contributed by atoms with E-state index in [9.17, 15) is 18.0 Å². The molecule has 18 heavy (non-hydrogen) atoms. The molecule has 0 saturated carbocycles. The number of rotatable bonds is 3. The Hall–Kier alpha value is -1.48. The quantitative estimate of drug-likeness (QED) is 0.946. The van der Waals surface area contributed by atoms with Crippen molar-refractivity contribution in [1.82, 2.24) is 10.2 Å². The minimum Gasteiger partial charge on any atom is -0.300 e. The van der Waals surface area contributed by atoms with E-state index < -0.39 is 17.1 Å². The summed E-state index contributed by atoms with van der Waals surface area (Å²) in [4.78, 5) is 12.3. The number of carbonyl (C=O) groups is 1. The van der Waals surface area contributed by atoms with Gasteiger partial charge >= 0.3 is 6.18 Å². The van der Waals surface area contributed by atoms with Gasteiger partial charge in [-0.05, 0) is 11.4 Å². The molecule has 0 fully saturated rings. The van der Waals surface area contributed by atoms with Crippen molar-refractivity contribution in [3.63, 3.8) is 0 Å². The van der Waals surface area contributed by atoms with Crippen LogP contribution in [-0.4, -0.2) is 16.1 Å². The van der Waals surface area contributed by atoms with Crippen LogP contribution < -0.4 is 5.32 Å². The summed E-state index contributed by atoms with van der Waals surface area (Å²) >= 11 is 1.70. The van der Waals surface area contributed by atoms with Crippen LogP contribution in [0.3, 0.4) is 0 Å². The van der Waals surface area contributed by atoms with E-state index in [1.54, 1.807) is 12.1 Å². The molecule has 2 rings (SSSR count). The van der Waals surface area contributed by atoms with Crippen LogP contribution in [0.15, 0.2) is 17.5 Å². The molecule has 9 heteroatoms. The van der Waals surface area contributed by atoms with Crippen molar-refractivity contribution in [1.29, 1.82) is 0 Å². The van der Waals surface area contributed by atoms with Gasteiger partial charge in [-0.2, -0.15) is 13.2 Å². The second-order valence-electron chi connectivity index (χ2n) is 3.21. The number of carbonyl (C=O) groups excluding carboxylic acids is 1. The van der Waals surface area contributed by atoms with E-state index in [-0.39, 0.29) is 11.6 Å². The number of hydrogen-bond acceptors (Lipinski definition) is 5. The first-order chi connectivity index (χ1) is 8.45. The Labute approximate surface area is 107 Å². The molecule has 0 aliphatic carbocycles. The smallest absolute Gasteiger partial charge is 0.300 e. The first-order valence-electron chi connectivity index (χ1n) is 4.68. The number of hydrogen-bond donors (Lipinski definition) is 1. The van der Waals surface area contributed by atoms with Gasteiger partial charge in [0.05, 0.1) is 6.42 Å². The standard InChI is InChI=1S/C9H6F3N3OS2/c10-9(11,12)7-14-15-8(18-7)13-6(16)4-5-2-1-3-17-5/h1-3H,4H2,(H,13,15,16). The monoisotopic (exact) mass is 293 g/mol. The van der Waals surface area contributed by atoms with Gasteiger partial charge in [-0.3, -0.25) is 4.79 Å². The lowest BCUT2D eigenvalue weighted by Gasteiger charge is -1.99. The van der Waals surface area contributed by atoms with E-state index in [1.807, 2.05) is 5.38 Å². The van der Waals surface area contributed by atoms with Gasteiger partial charge in [0.25, 0.3) is 0 Å². The van der Waals surface area contributed by atoms with E-state index in [0.29, 0.717) is 11.3 Å². The summed E-state index contributed by atoms with van der Waals surface area (Å²) in [5, 5.41) is 9.12. The van der Waals surface area contributed by atoms with E-state index in [2.05, 4.69) is 15.5 Å². The van der Waals surface area contributed by atoms with Crippen LogP contribution in [0.2, 0.25) is 0 Å². The van der Waals surface area contributed by atoms with Gasteiger partial charge < -0.3 is 5.32 Å². The van der Waals surface area contributed by atoms with Gasteiger partial charge in [-0.1, -0.05) is 17.4 Å². The predicted molar refractivity (Wildman–Crippen MR) is 61.6 cm³/mol. The van der Waals surface area contributed by atoms with Crippen LogP contribution in [0.1, 0.15) is 9.88 Å². The molecule has 1 amide bonds. The zero-order chi connectivity index (χ0) is 13.2. The number of halogens is 3. The molecular weight excluding hydrogens is 287 g/mol. The lowest BCUT2D eigenvalue weighted by atomic mass is 10.3. The predicted octanol–water partition coefficient (Wildman–Crippen LogP) is 2.80. The van der Waals surface area contributed by atoms with Crippen molar-refractivity contribution < 1.29 is 18.0 Å². The van der Waals surface area contributed by atoms with E-state index in [0.717, 1.165) is 4.88 Å². The van der Waals surface area contributed by atoms with Crippen molar-refractivity contribution in [2.24, 2.45) is 0 Å². The zero-order valence-corrected chi connectivity index (χ0v) is 10.3. The molecule has 96 valence electrons. The highest BCUT2D eigenvalue weighted by atomic mass is 32.1. The molecule has 2 aromatic heterocycles. The van der Waals surface area contributed by atoms with Crippen molar-refractivity contribution >= 4 is 33.7 Å². The molecule has 0 aliphatic rings. The SMILES string of the molecule is O=C(Cc1cccs1)Nc1nnc(C(F)(F)F)s1. The molecule has 0 atom stereocenters. The van der Waals surface area contributed by atoms with Crippen molar-refractivity contribution in [3.8, 4) is 0 Å². The van der Waals surface area contributed by atoms with Crippen LogP contribution >= 0.6 is 22.7 Å². The zero-order valence-electron chi connectivity index (χ0n) is 8.69. The molecule has 0 aromatic carbocycles. The highest BCUT2D eigenvalue weighted by molar-refractivity contribution is 7.15. The van der Waals surface area contributed by atoms with Gasteiger partial charge in [-0.25, -0.2) is 0 Å². The Morgan fingerprint density at radius 2 is 2.17 bits per heavy atom. The second-order valence-corrected chi connectivity index (χ2v) is 5.22. The fraction of sp³-hybridized carbons (Fsp3) is 0.222. The maximum Gasteiger partial charge on any atom is 0.445 e. The lowest BCUT2D eigenvalue weighted by molar-refractivity contribution is -0.138. The number of alkyl halides is 3. The van der Waals surface area contributed by atoms with Crippen LogP contribution in [0, 0.1) is 0 Å². The van der Waals surface area contributed by atoms with E-state index >= 15 is 0 Å². The Kier molecular flexibility index (Phi) is 3.62. The van der Waals surface area contributed by atoms with Gasteiger partial charge in [0.2, 0.25) is 16.0 Å². The molecule has 2 aromatic rings. The number of thiophene rings is 1. The van der Waals surface area contributed by atoms with Crippen LogP contribution in [0.5, 0.6) is 0 Å². The van der Waals surface area contributed by atoms with E-state index in [4.69, 9.17) is 0 Å². The minimum absolute atomic E-state index is 0.110. The molecule has 1 N–H and O–H groups in total. The lowest BCUT2D eigenvalue weighted by Crippen LogP contribution is -2.13. The fourth-order valence-corrected chi connectivity index (χ4v) is 2.45. The normalized spacial score (nSPS) is 11.5. The molecular formula is C9H6F3N3OS2. The third kappa shape index (κ3) is 3.26.